The van der Waals surface area contributed by atoms with Crippen LogP contribution in [-0.2, 0) is 6.42 Å². The lowest BCUT2D eigenvalue weighted by Crippen LogP contribution is -2.29. The summed E-state index contributed by atoms with van der Waals surface area (Å²) < 4.78 is 1.34. The van der Waals surface area contributed by atoms with Crippen molar-refractivity contribution >= 4 is 40.1 Å². The summed E-state index contributed by atoms with van der Waals surface area (Å²) in [7, 11) is 0. The summed E-state index contributed by atoms with van der Waals surface area (Å²) in [6.07, 6.45) is 2.94. The SMILES string of the molecule is NC(=O)n1c(CCN2CCCC2)cc(=O)c2c(Cl)cc(Cl)cc21. The number of aromatic nitrogens is 1. The average molecular weight is 354 g/mol. The van der Waals surface area contributed by atoms with Crippen LogP contribution in [0.25, 0.3) is 10.9 Å². The quantitative estimate of drug-likeness (QED) is 0.922. The van der Waals surface area contributed by atoms with Crippen LogP contribution in [0.3, 0.4) is 0 Å². The van der Waals surface area contributed by atoms with E-state index in [1.165, 1.54) is 29.5 Å². The minimum absolute atomic E-state index is 0.221. The van der Waals surface area contributed by atoms with Crippen molar-refractivity contribution in [1.29, 1.82) is 0 Å². The molecule has 1 aromatic carbocycles. The normalized spacial score (nSPS) is 15.4. The fourth-order valence-corrected chi connectivity index (χ4v) is 3.72. The highest BCUT2D eigenvalue weighted by Crippen LogP contribution is 2.26. The Labute approximate surface area is 143 Å². The molecule has 5 nitrogen and oxygen atoms in total. The molecule has 1 saturated heterocycles. The number of likely N-dealkylation sites (tertiary alicyclic amines) is 1. The smallest absolute Gasteiger partial charge is 0.323 e. The number of primary amides is 1. The van der Waals surface area contributed by atoms with Gasteiger partial charge < -0.3 is 10.6 Å². The third kappa shape index (κ3) is 3.22. The summed E-state index contributed by atoms with van der Waals surface area (Å²) >= 11 is 12.1. The van der Waals surface area contributed by atoms with Crippen LogP contribution in [0.4, 0.5) is 4.79 Å². The summed E-state index contributed by atoms with van der Waals surface area (Å²) in [6, 6.07) is 3.84. The maximum atomic E-state index is 12.4. The molecular weight excluding hydrogens is 337 g/mol. The molecule has 2 heterocycles. The van der Waals surface area contributed by atoms with Crippen molar-refractivity contribution in [3.05, 3.63) is 44.2 Å². The van der Waals surface area contributed by atoms with Crippen LogP contribution in [0.5, 0.6) is 0 Å². The number of hydrogen-bond donors (Lipinski definition) is 1. The number of hydrogen-bond acceptors (Lipinski definition) is 3. The fourth-order valence-electron chi connectivity index (χ4n) is 3.15. The molecule has 1 amide bonds. The van der Waals surface area contributed by atoms with Crippen molar-refractivity contribution in [2.75, 3.05) is 19.6 Å². The van der Waals surface area contributed by atoms with Crippen molar-refractivity contribution in [3.63, 3.8) is 0 Å². The molecule has 2 aromatic rings. The molecule has 2 N–H and O–H groups in total. The number of amides is 1. The summed E-state index contributed by atoms with van der Waals surface area (Å²) in [5.74, 6) is 0. The summed E-state index contributed by atoms with van der Waals surface area (Å²) in [6.45, 7) is 2.88. The number of benzene rings is 1. The van der Waals surface area contributed by atoms with Gasteiger partial charge in [-0.15, -0.1) is 0 Å². The number of nitrogens with two attached hydrogens (primary N) is 1. The lowest BCUT2D eigenvalue weighted by atomic mass is 10.1. The van der Waals surface area contributed by atoms with Crippen LogP contribution in [0, 0.1) is 0 Å². The first kappa shape index (κ1) is 16.3. The van der Waals surface area contributed by atoms with Gasteiger partial charge in [0.1, 0.15) is 0 Å². The third-order valence-corrected chi connectivity index (χ3v) is 4.73. The van der Waals surface area contributed by atoms with Gasteiger partial charge in [-0.1, -0.05) is 23.2 Å². The van der Waals surface area contributed by atoms with E-state index < -0.39 is 6.03 Å². The Balaban J connectivity index is 2.11. The molecule has 1 aliphatic rings. The highest BCUT2D eigenvalue weighted by atomic mass is 35.5. The van der Waals surface area contributed by atoms with Crippen LogP contribution < -0.4 is 11.2 Å². The van der Waals surface area contributed by atoms with Gasteiger partial charge in [-0.2, -0.15) is 0 Å². The van der Waals surface area contributed by atoms with E-state index in [1.54, 1.807) is 6.07 Å². The molecule has 7 heteroatoms. The number of carbonyl (C=O) groups excluding carboxylic acids is 1. The van der Waals surface area contributed by atoms with Crippen molar-refractivity contribution in [2.24, 2.45) is 5.73 Å². The van der Waals surface area contributed by atoms with Gasteiger partial charge in [0.05, 0.1) is 15.9 Å². The van der Waals surface area contributed by atoms with E-state index in [0.717, 1.165) is 19.6 Å². The molecule has 122 valence electrons. The Morgan fingerprint density at radius 1 is 1.17 bits per heavy atom. The van der Waals surface area contributed by atoms with Crippen LogP contribution in [0.1, 0.15) is 18.5 Å². The Hall–Kier alpha value is -1.56. The predicted octanol–water partition coefficient (Wildman–Crippen LogP) is 2.87. The van der Waals surface area contributed by atoms with Gasteiger partial charge in [-0.05, 0) is 38.1 Å². The average Bonchev–Trinajstić information content (AvgIpc) is 2.96. The molecule has 0 bridgehead atoms. The zero-order valence-electron chi connectivity index (χ0n) is 12.5. The number of pyridine rings is 1. The molecule has 0 spiro atoms. The Kier molecular flexibility index (Phi) is 4.62. The van der Waals surface area contributed by atoms with E-state index in [2.05, 4.69) is 4.90 Å². The summed E-state index contributed by atoms with van der Waals surface area (Å²) in [4.78, 5) is 26.7. The van der Waals surface area contributed by atoms with E-state index in [0.29, 0.717) is 22.7 Å². The maximum absolute atomic E-state index is 12.4. The molecule has 0 saturated carbocycles. The topological polar surface area (TPSA) is 68.3 Å². The second-order valence-electron chi connectivity index (χ2n) is 5.75. The molecule has 1 aliphatic heterocycles. The van der Waals surface area contributed by atoms with Crippen LogP contribution >= 0.6 is 23.2 Å². The summed E-state index contributed by atoms with van der Waals surface area (Å²) in [5, 5.41) is 0.840. The molecule has 1 fully saturated rings. The molecule has 0 atom stereocenters. The second kappa shape index (κ2) is 6.51. The highest BCUT2D eigenvalue weighted by molar-refractivity contribution is 6.38. The number of rotatable bonds is 3. The van der Waals surface area contributed by atoms with Crippen molar-refractivity contribution in [3.8, 4) is 0 Å². The third-order valence-electron chi connectivity index (χ3n) is 4.21. The lowest BCUT2D eigenvalue weighted by molar-refractivity contribution is 0.250. The standard InChI is InChI=1S/C16H17Cl2N3O2/c17-10-7-12(18)15-13(8-10)21(16(19)23)11(9-14(15)22)3-6-20-4-1-2-5-20/h7-9H,1-6H2,(H2,19,23). The number of fused-ring (bicyclic) bond motifs is 1. The first-order valence-corrected chi connectivity index (χ1v) is 8.29. The summed E-state index contributed by atoms with van der Waals surface area (Å²) in [5.41, 5.74) is 6.25. The number of nitrogens with zero attached hydrogens (tertiary/aromatic N) is 2. The fraction of sp³-hybridized carbons (Fsp3) is 0.375. The van der Waals surface area contributed by atoms with E-state index in [1.807, 2.05) is 0 Å². The van der Waals surface area contributed by atoms with E-state index in [9.17, 15) is 9.59 Å². The van der Waals surface area contributed by atoms with Crippen LogP contribution in [0.15, 0.2) is 23.0 Å². The number of halogens is 2. The zero-order valence-corrected chi connectivity index (χ0v) is 14.0. The number of carbonyl (C=O) groups is 1. The Morgan fingerprint density at radius 2 is 1.87 bits per heavy atom. The molecule has 1 aromatic heterocycles. The first-order valence-electron chi connectivity index (χ1n) is 7.53. The zero-order chi connectivity index (χ0) is 16.6. The van der Waals surface area contributed by atoms with Crippen LogP contribution in [0.2, 0.25) is 10.0 Å². The largest absolute Gasteiger partial charge is 0.351 e. The predicted molar refractivity (Wildman–Crippen MR) is 92.6 cm³/mol. The van der Waals surface area contributed by atoms with Gasteiger partial charge >= 0.3 is 6.03 Å². The Bertz CT molecular complexity index is 826. The van der Waals surface area contributed by atoms with E-state index >= 15 is 0 Å². The van der Waals surface area contributed by atoms with E-state index in [4.69, 9.17) is 28.9 Å². The minimum Gasteiger partial charge on any atom is -0.351 e. The van der Waals surface area contributed by atoms with Crippen molar-refractivity contribution in [1.82, 2.24) is 9.47 Å². The highest BCUT2D eigenvalue weighted by Gasteiger charge is 2.18. The van der Waals surface area contributed by atoms with Gasteiger partial charge in [-0.25, -0.2) is 4.79 Å². The maximum Gasteiger partial charge on any atom is 0.323 e. The van der Waals surface area contributed by atoms with Crippen molar-refractivity contribution in [2.45, 2.75) is 19.3 Å². The Morgan fingerprint density at radius 3 is 2.52 bits per heavy atom. The molecular formula is C16H17Cl2N3O2. The van der Waals surface area contributed by atoms with E-state index in [-0.39, 0.29) is 15.8 Å². The van der Waals surface area contributed by atoms with Crippen molar-refractivity contribution < 1.29 is 4.79 Å². The van der Waals surface area contributed by atoms with Crippen LogP contribution in [-0.4, -0.2) is 35.1 Å². The lowest BCUT2D eigenvalue weighted by Gasteiger charge is -2.18. The minimum atomic E-state index is -0.648. The van der Waals surface area contributed by atoms with Gasteiger partial charge in [0.25, 0.3) is 0 Å². The molecule has 0 radical (unpaired) electrons. The second-order valence-corrected chi connectivity index (χ2v) is 6.60. The molecule has 0 unspecified atom stereocenters. The van der Waals surface area contributed by atoms with Gasteiger partial charge in [0.15, 0.2) is 5.43 Å². The molecule has 3 rings (SSSR count). The van der Waals surface area contributed by atoms with Gasteiger partial charge in [0.2, 0.25) is 0 Å². The first-order chi connectivity index (χ1) is 11.0. The monoisotopic (exact) mass is 353 g/mol. The molecule has 23 heavy (non-hydrogen) atoms. The van der Waals surface area contributed by atoms with Gasteiger partial charge in [-0.3, -0.25) is 9.36 Å². The van der Waals surface area contributed by atoms with Gasteiger partial charge in [0, 0.05) is 29.7 Å². The molecule has 0 aliphatic carbocycles.